The van der Waals surface area contributed by atoms with Crippen LogP contribution in [0.4, 0.5) is 18.9 Å². The summed E-state index contributed by atoms with van der Waals surface area (Å²) in [7, 11) is -3.85. The first kappa shape index (κ1) is 20.6. The van der Waals surface area contributed by atoms with Crippen molar-refractivity contribution < 1.29 is 21.6 Å². The number of aromatic amines is 1. The van der Waals surface area contributed by atoms with Crippen LogP contribution in [0.25, 0.3) is 16.3 Å². The summed E-state index contributed by atoms with van der Waals surface area (Å²) >= 11 is 0.353. The van der Waals surface area contributed by atoms with Crippen molar-refractivity contribution in [3.63, 3.8) is 0 Å². The van der Waals surface area contributed by atoms with Gasteiger partial charge in [0, 0.05) is 24.3 Å². The van der Waals surface area contributed by atoms with Gasteiger partial charge in [-0.15, -0.1) is 10.2 Å². The van der Waals surface area contributed by atoms with Crippen molar-refractivity contribution in [2.24, 2.45) is 0 Å². The fourth-order valence-corrected chi connectivity index (χ4v) is 5.79. The van der Waals surface area contributed by atoms with Crippen molar-refractivity contribution in [2.75, 3.05) is 4.90 Å². The topological polar surface area (TPSA) is 121 Å². The van der Waals surface area contributed by atoms with Crippen molar-refractivity contribution >= 4 is 32.6 Å². The van der Waals surface area contributed by atoms with E-state index in [2.05, 4.69) is 30.1 Å². The van der Waals surface area contributed by atoms with Gasteiger partial charge in [-0.25, -0.2) is 18.1 Å². The van der Waals surface area contributed by atoms with E-state index in [0.717, 1.165) is 24.1 Å². The third kappa shape index (κ3) is 3.55. The number of fused-ring (bicyclic) bond motifs is 2. The fourth-order valence-electron chi connectivity index (χ4n) is 3.76. The van der Waals surface area contributed by atoms with Gasteiger partial charge in [0.25, 0.3) is 0 Å². The van der Waals surface area contributed by atoms with Crippen molar-refractivity contribution in [1.82, 2.24) is 34.5 Å². The Kier molecular flexibility index (Phi) is 4.35. The van der Waals surface area contributed by atoms with Gasteiger partial charge >= 0.3 is 6.18 Å². The number of nitrogens with zero attached hydrogens (tertiary/aromatic N) is 6. The average Bonchev–Trinajstić information content (AvgIpc) is 3.18. The van der Waals surface area contributed by atoms with Crippen LogP contribution in [-0.2, 0) is 29.3 Å². The molecule has 0 spiro atoms. The zero-order chi connectivity index (χ0) is 23.0. The summed E-state index contributed by atoms with van der Waals surface area (Å²) in [4.78, 5) is 6.22. The number of anilines is 1. The first-order chi connectivity index (χ1) is 15.7. The molecule has 0 radical (unpaired) electrons. The standard InChI is InChI=1S/C18H15F3N8O2S2/c19-18(20,21)17-26-25-16(32-17)15-22-5-14-13(28-6-9-4-23-24-12(9)8-28)3-11(7-29(14)15)33(30,31)27-10-1-2-10/h3-5,7,10,27H,1-2,6,8H2,(H,23,24). The van der Waals surface area contributed by atoms with Crippen LogP contribution in [0, 0.1) is 0 Å². The van der Waals surface area contributed by atoms with Crippen molar-refractivity contribution in [2.45, 2.75) is 43.0 Å². The number of nitrogens with one attached hydrogen (secondary N) is 2. The summed E-state index contributed by atoms with van der Waals surface area (Å²) in [6, 6.07) is 1.46. The van der Waals surface area contributed by atoms with E-state index in [4.69, 9.17) is 0 Å². The van der Waals surface area contributed by atoms with Crippen LogP contribution in [0.15, 0.2) is 29.6 Å². The summed E-state index contributed by atoms with van der Waals surface area (Å²) in [6.45, 7) is 0.973. The number of imidazole rings is 1. The number of pyridine rings is 1. The minimum absolute atomic E-state index is 0.00889. The summed E-state index contributed by atoms with van der Waals surface area (Å²) in [5.74, 6) is 0.0853. The van der Waals surface area contributed by atoms with Crippen LogP contribution in [0.1, 0.15) is 29.1 Å². The predicted octanol–water partition coefficient (Wildman–Crippen LogP) is 2.56. The Labute approximate surface area is 188 Å². The molecule has 0 bridgehead atoms. The molecule has 4 aromatic rings. The van der Waals surface area contributed by atoms with E-state index in [9.17, 15) is 21.6 Å². The first-order valence-electron chi connectivity index (χ1n) is 9.89. The second-order valence-electron chi connectivity index (χ2n) is 7.93. The Morgan fingerprint density at radius 3 is 2.70 bits per heavy atom. The van der Waals surface area contributed by atoms with Gasteiger partial charge in [-0.1, -0.05) is 11.3 Å². The SMILES string of the molecule is O=S(=O)(NC1CC1)c1cc(N2Cc3cn[nH]c3C2)c2cnc(-c3nnc(C(F)(F)F)s3)n2c1. The Balaban J connectivity index is 1.50. The third-order valence-corrected chi connectivity index (χ3v) is 7.97. The van der Waals surface area contributed by atoms with Gasteiger partial charge in [0.2, 0.25) is 15.0 Å². The molecule has 1 aliphatic heterocycles. The normalized spacial score (nSPS) is 16.6. The van der Waals surface area contributed by atoms with Gasteiger partial charge in [-0.05, 0) is 18.9 Å². The highest BCUT2D eigenvalue weighted by atomic mass is 32.2. The van der Waals surface area contributed by atoms with Crippen molar-refractivity contribution in [3.8, 4) is 10.8 Å². The molecule has 2 aliphatic rings. The minimum atomic E-state index is -4.63. The van der Waals surface area contributed by atoms with Gasteiger partial charge in [0.05, 0.1) is 35.8 Å². The van der Waals surface area contributed by atoms with E-state index in [1.807, 2.05) is 4.90 Å². The van der Waals surface area contributed by atoms with Gasteiger partial charge in [-0.2, -0.15) is 18.3 Å². The molecule has 0 unspecified atom stereocenters. The highest BCUT2D eigenvalue weighted by Crippen LogP contribution is 2.37. The Hall–Kier alpha value is -3.04. The van der Waals surface area contributed by atoms with Gasteiger partial charge in [-0.3, -0.25) is 9.50 Å². The van der Waals surface area contributed by atoms with Crippen LogP contribution in [0.5, 0.6) is 0 Å². The Morgan fingerprint density at radius 1 is 1.18 bits per heavy atom. The maximum Gasteiger partial charge on any atom is 0.445 e. The highest BCUT2D eigenvalue weighted by Gasteiger charge is 2.36. The van der Waals surface area contributed by atoms with Crippen LogP contribution in [0.3, 0.4) is 0 Å². The number of H-pyrrole nitrogens is 1. The molecule has 5 heterocycles. The van der Waals surface area contributed by atoms with E-state index in [1.165, 1.54) is 16.8 Å². The molecule has 1 fully saturated rings. The maximum atomic E-state index is 13.1. The average molecular weight is 497 g/mol. The van der Waals surface area contributed by atoms with Gasteiger partial charge in [0.15, 0.2) is 10.8 Å². The lowest BCUT2D eigenvalue weighted by atomic mass is 10.3. The number of hydrogen-bond acceptors (Lipinski definition) is 8. The largest absolute Gasteiger partial charge is 0.445 e. The molecule has 0 saturated heterocycles. The third-order valence-electron chi connectivity index (χ3n) is 5.52. The molecule has 1 saturated carbocycles. The maximum absolute atomic E-state index is 13.1. The molecule has 33 heavy (non-hydrogen) atoms. The Morgan fingerprint density at radius 2 is 2.00 bits per heavy atom. The number of halogens is 3. The van der Waals surface area contributed by atoms with E-state index in [1.54, 1.807) is 12.3 Å². The van der Waals surface area contributed by atoms with Crippen LogP contribution in [0.2, 0.25) is 0 Å². The van der Waals surface area contributed by atoms with E-state index >= 15 is 0 Å². The quantitative estimate of drug-likeness (QED) is 0.436. The molecule has 172 valence electrons. The lowest BCUT2D eigenvalue weighted by Crippen LogP contribution is -2.26. The second-order valence-corrected chi connectivity index (χ2v) is 10.6. The monoisotopic (exact) mass is 496 g/mol. The first-order valence-corrected chi connectivity index (χ1v) is 12.2. The fraction of sp³-hybridized carbons (Fsp3) is 0.333. The lowest BCUT2D eigenvalue weighted by Gasteiger charge is -2.20. The number of aromatic nitrogens is 6. The molecule has 0 amide bonds. The number of sulfonamides is 1. The molecule has 4 aromatic heterocycles. The Bertz CT molecular complexity index is 1470. The van der Waals surface area contributed by atoms with E-state index in [0.29, 0.717) is 35.6 Å². The van der Waals surface area contributed by atoms with E-state index in [-0.39, 0.29) is 21.8 Å². The lowest BCUT2D eigenvalue weighted by molar-refractivity contribution is -0.138. The van der Waals surface area contributed by atoms with Crippen LogP contribution in [-0.4, -0.2) is 44.2 Å². The highest BCUT2D eigenvalue weighted by molar-refractivity contribution is 7.89. The predicted molar refractivity (Wildman–Crippen MR) is 111 cm³/mol. The van der Waals surface area contributed by atoms with Crippen LogP contribution >= 0.6 is 11.3 Å². The molecule has 1 aliphatic carbocycles. The molecule has 6 rings (SSSR count). The van der Waals surface area contributed by atoms with E-state index < -0.39 is 21.2 Å². The molecule has 10 nitrogen and oxygen atoms in total. The zero-order valence-electron chi connectivity index (χ0n) is 16.7. The number of rotatable bonds is 5. The van der Waals surface area contributed by atoms with Gasteiger partial charge < -0.3 is 4.90 Å². The van der Waals surface area contributed by atoms with Gasteiger partial charge in [0.1, 0.15) is 4.90 Å². The van der Waals surface area contributed by atoms with Crippen molar-refractivity contribution in [3.05, 3.63) is 40.9 Å². The molecule has 0 aromatic carbocycles. The number of alkyl halides is 3. The van der Waals surface area contributed by atoms with Crippen LogP contribution < -0.4 is 9.62 Å². The molecule has 2 N–H and O–H groups in total. The summed E-state index contributed by atoms with van der Waals surface area (Å²) in [5.41, 5.74) is 3.02. The molecular formula is C18H15F3N8O2S2. The van der Waals surface area contributed by atoms with Crippen molar-refractivity contribution in [1.29, 1.82) is 0 Å². The molecule has 0 atom stereocenters. The number of hydrogen-bond donors (Lipinski definition) is 2. The summed E-state index contributed by atoms with van der Waals surface area (Å²) in [5, 5.41) is 12.7. The molecule has 15 heteroatoms. The second kappa shape index (κ2) is 6.98. The molecular weight excluding hydrogens is 481 g/mol. The summed E-state index contributed by atoms with van der Waals surface area (Å²) < 4.78 is 69.3. The smallest absolute Gasteiger partial charge is 0.359 e. The summed E-state index contributed by atoms with van der Waals surface area (Å²) in [6.07, 6.45) is 1.47. The minimum Gasteiger partial charge on any atom is -0.359 e. The zero-order valence-corrected chi connectivity index (χ0v) is 18.3.